The molecular formula is C12H16NO3P. The number of hydrogen-bond donors (Lipinski definition) is 2. The molecule has 0 amide bonds. The average Bonchev–Trinajstić information content (AvgIpc) is 2.25. The lowest BCUT2D eigenvalue weighted by atomic mass is 10.1. The average molecular weight is 253 g/mol. The van der Waals surface area contributed by atoms with E-state index in [1.807, 2.05) is 30.3 Å². The van der Waals surface area contributed by atoms with Crippen LogP contribution in [-0.4, -0.2) is 27.0 Å². The summed E-state index contributed by atoms with van der Waals surface area (Å²) in [5.41, 5.74) is 1.02. The summed E-state index contributed by atoms with van der Waals surface area (Å²) in [5, 5.41) is 0. The third kappa shape index (κ3) is 4.33. The monoisotopic (exact) mass is 253 g/mol. The lowest BCUT2D eigenvalue weighted by Gasteiger charge is -2.27. The first-order chi connectivity index (χ1) is 7.95. The first kappa shape index (κ1) is 14.0. The molecule has 1 aromatic carbocycles. The molecule has 0 aliphatic heterocycles. The number of nitrogens with zero attached hydrogens (tertiary/aromatic N) is 1. The number of terminal acetylenes is 1. The van der Waals surface area contributed by atoms with Crippen molar-refractivity contribution in [3.63, 3.8) is 0 Å². The van der Waals surface area contributed by atoms with Crippen LogP contribution in [0.2, 0.25) is 0 Å². The van der Waals surface area contributed by atoms with Crippen molar-refractivity contribution in [1.29, 1.82) is 0 Å². The minimum atomic E-state index is -4.29. The Labute approximate surface area is 101 Å². The largest absolute Gasteiger partial charge is 0.404 e. The van der Waals surface area contributed by atoms with Gasteiger partial charge in [0.1, 0.15) is 0 Å². The van der Waals surface area contributed by atoms with Gasteiger partial charge in [-0.25, -0.2) is 4.57 Å². The quantitative estimate of drug-likeness (QED) is 0.618. The zero-order valence-corrected chi connectivity index (χ0v) is 10.5. The summed E-state index contributed by atoms with van der Waals surface area (Å²) >= 11 is 0. The molecule has 1 unspecified atom stereocenters. The molecule has 0 bridgehead atoms. The Hall–Kier alpha value is -1.11. The molecule has 5 heteroatoms. The molecule has 4 nitrogen and oxygen atoms in total. The van der Waals surface area contributed by atoms with Crippen LogP contribution in [0.1, 0.15) is 12.5 Å². The molecule has 17 heavy (non-hydrogen) atoms. The fourth-order valence-electron chi connectivity index (χ4n) is 1.66. The van der Waals surface area contributed by atoms with Crippen molar-refractivity contribution in [3.8, 4) is 12.3 Å². The summed E-state index contributed by atoms with van der Waals surface area (Å²) in [4.78, 5) is 18.4. The Morgan fingerprint density at radius 2 is 2.00 bits per heavy atom. The smallest absolute Gasteiger partial charge is 0.312 e. The standard InChI is InChI=1S/C12H16NO3P/c1-3-9-13(17(14,15)16)11(2)10-12-7-5-4-6-8-12/h1,4-8,11H,9-10H2,2H3,(H2,14,15,16). The van der Waals surface area contributed by atoms with E-state index in [0.717, 1.165) is 10.2 Å². The van der Waals surface area contributed by atoms with Gasteiger partial charge in [-0.3, -0.25) is 0 Å². The maximum atomic E-state index is 11.3. The van der Waals surface area contributed by atoms with Crippen molar-refractivity contribution in [2.24, 2.45) is 0 Å². The van der Waals surface area contributed by atoms with Crippen LogP contribution >= 0.6 is 7.75 Å². The van der Waals surface area contributed by atoms with Gasteiger partial charge in [0.15, 0.2) is 0 Å². The van der Waals surface area contributed by atoms with Crippen LogP contribution in [0.5, 0.6) is 0 Å². The van der Waals surface area contributed by atoms with Crippen molar-refractivity contribution in [3.05, 3.63) is 35.9 Å². The minimum absolute atomic E-state index is 0.0573. The van der Waals surface area contributed by atoms with Gasteiger partial charge in [0.2, 0.25) is 0 Å². The molecule has 1 aromatic rings. The highest BCUT2D eigenvalue weighted by Gasteiger charge is 2.29. The second-order valence-corrected chi connectivity index (χ2v) is 5.39. The second kappa shape index (κ2) is 6.00. The molecule has 0 spiro atoms. The fraction of sp³-hybridized carbons (Fsp3) is 0.333. The lowest BCUT2D eigenvalue weighted by molar-refractivity contribution is 0.248. The molecule has 2 N–H and O–H groups in total. The molecule has 0 saturated heterocycles. The zero-order chi connectivity index (χ0) is 12.9. The molecule has 0 fully saturated rings. The van der Waals surface area contributed by atoms with E-state index in [2.05, 4.69) is 5.92 Å². The summed E-state index contributed by atoms with van der Waals surface area (Å²) < 4.78 is 12.3. The Kier molecular flexibility index (Phi) is 4.92. The van der Waals surface area contributed by atoms with Gasteiger partial charge in [0.05, 0.1) is 6.54 Å². The highest BCUT2D eigenvalue weighted by Crippen LogP contribution is 2.41. The van der Waals surface area contributed by atoms with Gasteiger partial charge in [-0.05, 0) is 18.9 Å². The van der Waals surface area contributed by atoms with Gasteiger partial charge >= 0.3 is 7.75 Å². The molecule has 1 atom stereocenters. The van der Waals surface area contributed by atoms with Gasteiger partial charge in [-0.2, -0.15) is 4.67 Å². The maximum absolute atomic E-state index is 11.3. The second-order valence-electron chi connectivity index (χ2n) is 3.85. The lowest BCUT2D eigenvalue weighted by Crippen LogP contribution is -2.32. The molecule has 0 saturated carbocycles. The summed E-state index contributed by atoms with van der Waals surface area (Å²) in [5.74, 6) is 2.27. The summed E-state index contributed by atoms with van der Waals surface area (Å²) in [6, 6.07) is 9.22. The van der Waals surface area contributed by atoms with Crippen LogP contribution in [-0.2, 0) is 11.0 Å². The Morgan fingerprint density at radius 3 is 2.47 bits per heavy atom. The van der Waals surface area contributed by atoms with Crippen molar-refractivity contribution >= 4 is 7.75 Å². The van der Waals surface area contributed by atoms with Gasteiger partial charge in [0, 0.05) is 6.04 Å². The Balaban J connectivity index is 2.77. The van der Waals surface area contributed by atoms with E-state index >= 15 is 0 Å². The highest BCUT2D eigenvalue weighted by molar-refractivity contribution is 7.49. The van der Waals surface area contributed by atoms with Gasteiger partial charge in [-0.15, -0.1) is 6.42 Å². The third-order valence-electron chi connectivity index (χ3n) is 2.47. The van der Waals surface area contributed by atoms with E-state index in [4.69, 9.17) is 6.42 Å². The van der Waals surface area contributed by atoms with E-state index < -0.39 is 7.75 Å². The highest BCUT2D eigenvalue weighted by atomic mass is 31.2. The van der Waals surface area contributed by atoms with E-state index in [0.29, 0.717) is 6.42 Å². The minimum Gasteiger partial charge on any atom is -0.312 e. The van der Waals surface area contributed by atoms with Crippen molar-refractivity contribution in [2.75, 3.05) is 6.54 Å². The molecule has 0 aliphatic carbocycles. The van der Waals surface area contributed by atoms with Crippen molar-refractivity contribution < 1.29 is 14.4 Å². The first-order valence-corrected chi connectivity index (χ1v) is 6.81. The summed E-state index contributed by atoms with van der Waals surface area (Å²) in [6.07, 6.45) is 5.67. The van der Waals surface area contributed by atoms with Crippen LogP contribution in [0.3, 0.4) is 0 Å². The van der Waals surface area contributed by atoms with Crippen LogP contribution in [0, 0.1) is 12.3 Å². The fourth-order valence-corrected chi connectivity index (χ4v) is 2.52. The van der Waals surface area contributed by atoms with Crippen LogP contribution in [0.25, 0.3) is 0 Å². The van der Waals surface area contributed by atoms with Gasteiger partial charge in [-0.1, -0.05) is 36.3 Å². The number of hydrogen-bond acceptors (Lipinski definition) is 1. The van der Waals surface area contributed by atoms with E-state index in [1.165, 1.54) is 0 Å². The van der Waals surface area contributed by atoms with Crippen molar-refractivity contribution in [2.45, 2.75) is 19.4 Å². The van der Waals surface area contributed by atoms with Crippen LogP contribution in [0.15, 0.2) is 30.3 Å². The van der Waals surface area contributed by atoms with Crippen LogP contribution < -0.4 is 0 Å². The van der Waals surface area contributed by atoms with E-state index in [1.54, 1.807) is 6.92 Å². The Morgan fingerprint density at radius 1 is 1.41 bits per heavy atom. The zero-order valence-electron chi connectivity index (χ0n) is 9.65. The van der Waals surface area contributed by atoms with Crippen molar-refractivity contribution in [1.82, 2.24) is 4.67 Å². The topological polar surface area (TPSA) is 60.8 Å². The van der Waals surface area contributed by atoms with E-state index in [9.17, 15) is 14.4 Å². The summed E-state index contributed by atoms with van der Waals surface area (Å²) in [7, 11) is -4.29. The molecule has 0 heterocycles. The number of rotatable bonds is 5. The third-order valence-corrected chi connectivity index (χ3v) is 3.68. The van der Waals surface area contributed by atoms with E-state index in [-0.39, 0.29) is 12.6 Å². The Bertz CT molecular complexity index is 435. The van der Waals surface area contributed by atoms with Crippen LogP contribution in [0.4, 0.5) is 0 Å². The molecule has 0 aromatic heterocycles. The molecular weight excluding hydrogens is 237 g/mol. The first-order valence-electron chi connectivity index (χ1n) is 5.25. The molecule has 1 rings (SSSR count). The predicted molar refractivity (Wildman–Crippen MR) is 67.2 cm³/mol. The maximum Gasteiger partial charge on any atom is 0.404 e. The molecule has 92 valence electrons. The van der Waals surface area contributed by atoms with Gasteiger partial charge < -0.3 is 9.79 Å². The summed E-state index contributed by atoms with van der Waals surface area (Å²) in [6.45, 7) is 1.70. The normalized spacial score (nSPS) is 13.4. The number of benzene rings is 1. The molecule has 0 aliphatic rings. The van der Waals surface area contributed by atoms with Gasteiger partial charge in [0.25, 0.3) is 0 Å². The molecule has 0 radical (unpaired) electrons. The predicted octanol–water partition coefficient (Wildman–Crippen LogP) is 1.65. The SMILES string of the molecule is C#CCN(C(C)Cc1ccccc1)P(=O)(O)O.